The van der Waals surface area contributed by atoms with Crippen LogP contribution in [-0.4, -0.2) is 19.1 Å². The number of hydrogen-bond acceptors (Lipinski definition) is 2. The third-order valence-electron chi connectivity index (χ3n) is 4.84. The van der Waals surface area contributed by atoms with Crippen LogP contribution in [0.3, 0.4) is 0 Å². The van der Waals surface area contributed by atoms with Crippen molar-refractivity contribution in [3.63, 3.8) is 0 Å². The van der Waals surface area contributed by atoms with Crippen LogP contribution >= 0.6 is 23.2 Å². The Bertz CT molecular complexity index is 660. The fourth-order valence-electron chi connectivity index (χ4n) is 3.54. The second-order valence-electron chi connectivity index (χ2n) is 6.60. The summed E-state index contributed by atoms with van der Waals surface area (Å²) in [5, 5.41) is 8.74. The number of hydrogen-bond donors (Lipinski definition) is 2. The Morgan fingerprint density at radius 1 is 1.17 bits per heavy atom. The molecule has 2 N–H and O–H groups in total. The largest absolute Gasteiger partial charge is 0.316 e. The topological polar surface area (TPSA) is 24.1 Å². The predicted octanol–water partition coefficient (Wildman–Crippen LogP) is 4.86. The quantitative estimate of drug-likeness (QED) is 0.792. The SMILES string of the molecule is CC(NC1CCNCC1Cc1ccccc1)c1ccc(Cl)cc1Cl. The molecule has 24 heavy (non-hydrogen) atoms. The van der Waals surface area contributed by atoms with Crippen LogP contribution in [0.25, 0.3) is 0 Å². The molecule has 0 bridgehead atoms. The van der Waals surface area contributed by atoms with Crippen molar-refractivity contribution in [2.75, 3.05) is 13.1 Å². The molecule has 3 atom stereocenters. The normalized spacial score (nSPS) is 22.3. The van der Waals surface area contributed by atoms with E-state index in [0.29, 0.717) is 17.0 Å². The smallest absolute Gasteiger partial charge is 0.0468 e. The summed E-state index contributed by atoms with van der Waals surface area (Å²) in [6.45, 7) is 4.29. The zero-order valence-electron chi connectivity index (χ0n) is 13.9. The minimum absolute atomic E-state index is 0.205. The van der Waals surface area contributed by atoms with Crippen LogP contribution in [0, 0.1) is 5.92 Å². The van der Waals surface area contributed by atoms with E-state index in [0.717, 1.165) is 36.5 Å². The standard InChI is InChI=1S/C20H24Cl2N2/c1-14(18-8-7-17(21)12-19(18)22)24-20-9-10-23-13-16(20)11-15-5-3-2-4-6-15/h2-8,12,14,16,20,23-24H,9-11,13H2,1H3. The van der Waals surface area contributed by atoms with Gasteiger partial charge in [-0.3, -0.25) is 0 Å². The van der Waals surface area contributed by atoms with Gasteiger partial charge in [0.2, 0.25) is 0 Å². The van der Waals surface area contributed by atoms with Crippen LogP contribution in [0.2, 0.25) is 10.0 Å². The number of benzene rings is 2. The van der Waals surface area contributed by atoms with E-state index in [1.807, 2.05) is 18.2 Å². The van der Waals surface area contributed by atoms with Crippen LogP contribution < -0.4 is 10.6 Å². The Labute approximate surface area is 154 Å². The molecule has 0 aromatic heterocycles. The number of halogens is 2. The van der Waals surface area contributed by atoms with Crippen LogP contribution in [0.15, 0.2) is 48.5 Å². The molecule has 3 unspecified atom stereocenters. The van der Waals surface area contributed by atoms with Gasteiger partial charge in [0.25, 0.3) is 0 Å². The minimum Gasteiger partial charge on any atom is -0.316 e. The molecule has 1 aliphatic heterocycles. The molecule has 0 saturated carbocycles. The van der Waals surface area contributed by atoms with Gasteiger partial charge in [-0.05, 0) is 62.0 Å². The van der Waals surface area contributed by atoms with E-state index < -0.39 is 0 Å². The number of nitrogens with one attached hydrogen (secondary N) is 2. The highest BCUT2D eigenvalue weighted by atomic mass is 35.5. The predicted molar refractivity (Wildman–Crippen MR) is 103 cm³/mol. The van der Waals surface area contributed by atoms with Crippen molar-refractivity contribution in [3.8, 4) is 0 Å². The zero-order chi connectivity index (χ0) is 16.9. The van der Waals surface area contributed by atoms with Crippen molar-refractivity contribution in [2.45, 2.75) is 31.8 Å². The fourth-order valence-corrected chi connectivity index (χ4v) is 4.11. The van der Waals surface area contributed by atoms with Gasteiger partial charge in [-0.25, -0.2) is 0 Å². The monoisotopic (exact) mass is 362 g/mol. The molecule has 0 amide bonds. The van der Waals surface area contributed by atoms with Gasteiger partial charge in [0.15, 0.2) is 0 Å². The summed E-state index contributed by atoms with van der Waals surface area (Å²) in [4.78, 5) is 0. The maximum Gasteiger partial charge on any atom is 0.0468 e. The average molecular weight is 363 g/mol. The molecule has 0 spiro atoms. The van der Waals surface area contributed by atoms with Gasteiger partial charge in [-0.2, -0.15) is 0 Å². The Morgan fingerprint density at radius 3 is 2.71 bits per heavy atom. The summed E-state index contributed by atoms with van der Waals surface area (Å²) in [6.07, 6.45) is 2.22. The first-order chi connectivity index (χ1) is 11.6. The fraction of sp³-hybridized carbons (Fsp3) is 0.400. The molecule has 2 nitrogen and oxygen atoms in total. The Hall–Kier alpha value is -1.06. The second-order valence-corrected chi connectivity index (χ2v) is 7.45. The van der Waals surface area contributed by atoms with Gasteiger partial charge in [0.1, 0.15) is 0 Å². The van der Waals surface area contributed by atoms with Crippen LogP contribution in [0.5, 0.6) is 0 Å². The third-order valence-corrected chi connectivity index (χ3v) is 5.40. The molecule has 0 radical (unpaired) electrons. The lowest BCUT2D eigenvalue weighted by Gasteiger charge is -2.35. The van der Waals surface area contributed by atoms with E-state index in [4.69, 9.17) is 23.2 Å². The third kappa shape index (κ3) is 4.52. The molecule has 1 saturated heterocycles. The Morgan fingerprint density at radius 2 is 1.96 bits per heavy atom. The number of piperidine rings is 1. The first-order valence-corrected chi connectivity index (χ1v) is 9.34. The van der Waals surface area contributed by atoms with Gasteiger partial charge in [0.05, 0.1) is 0 Å². The van der Waals surface area contributed by atoms with Crippen molar-refractivity contribution in [3.05, 3.63) is 69.7 Å². The van der Waals surface area contributed by atoms with Crippen LogP contribution in [0.4, 0.5) is 0 Å². The first kappa shape index (κ1) is 17.8. The highest BCUT2D eigenvalue weighted by Crippen LogP contribution is 2.28. The Balaban J connectivity index is 1.69. The van der Waals surface area contributed by atoms with Crippen LogP contribution in [-0.2, 0) is 6.42 Å². The van der Waals surface area contributed by atoms with Crippen molar-refractivity contribution >= 4 is 23.2 Å². The van der Waals surface area contributed by atoms with E-state index in [2.05, 4.69) is 47.9 Å². The van der Waals surface area contributed by atoms with Gasteiger partial charge < -0.3 is 10.6 Å². The molecule has 128 valence electrons. The molecule has 3 rings (SSSR count). The van der Waals surface area contributed by atoms with Gasteiger partial charge in [-0.1, -0.05) is 59.6 Å². The van der Waals surface area contributed by atoms with Crippen molar-refractivity contribution < 1.29 is 0 Å². The molecule has 1 heterocycles. The molecule has 1 aliphatic rings. The highest BCUT2D eigenvalue weighted by Gasteiger charge is 2.26. The average Bonchev–Trinajstić information content (AvgIpc) is 2.57. The van der Waals surface area contributed by atoms with Crippen molar-refractivity contribution in [1.82, 2.24) is 10.6 Å². The number of rotatable bonds is 5. The van der Waals surface area contributed by atoms with Gasteiger partial charge in [-0.15, -0.1) is 0 Å². The summed E-state index contributed by atoms with van der Waals surface area (Å²) >= 11 is 12.4. The maximum absolute atomic E-state index is 6.37. The van der Waals surface area contributed by atoms with E-state index >= 15 is 0 Å². The lowest BCUT2D eigenvalue weighted by atomic mass is 9.87. The molecular formula is C20H24Cl2N2. The molecular weight excluding hydrogens is 339 g/mol. The van der Waals surface area contributed by atoms with Crippen molar-refractivity contribution in [2.24, 2.45) is 5.92 Å². The first-order valence-electron chi connectivity index (χ1n) is 8.59. The minimum atomic E-state index is 0.205. The van der Waals surface area contributed by atoms with E-state index in [9.17, 15) is 0 Å². The molecule has 2 aromatic carbocycles. The highest BCUT2D eigenvalue weighted by molar-refractivity contribution is 6.35. The summed E-state index contributed by atoms with van der Waals surface area (Å²) in [5.74, 6) is 0.578. The van der Waals surface area contributed by atoms with Crippen molar-refractivity contribution in [1.29, 1.82) is 0 Å². The molecule has 4 heteroatoms. The second kappa shape index (κ2) is 8.35. The van der Waals surface area contributed by atoms with E-state index in [1.165, 1.54) is 5.56 Å². The Kier molecular flexibility index (Phi) is 6.18. The lowest BCUT2D eigenvalue weighted by Crippen LogP contribution is -2.49. The summed E-state index contributed by atoms with van der Waals surface area (Å²) in [7, 11) is 0. The lowest BCUT2D eigenvalue weighted by molar-refractivity contribution is 0.260. The molecule has 1 fully saturated rings. The summed E-state index contributed by atoms with van der Waals surface area (Å²) < 4.78 is 0. The van der Waals surface area contributed by atoms with Gasteiger partial charge >= 0.3 is 0 Å². The van der Waals surface area contributed by atoms with E-state index in [-0.39, 0.29) is 6.04 Å². The maximum atomic E-state index is 6.37. The zero-order valence-corrected chi connectivity index (χ0v) is 15.4. The van der Waals surface area contributed by atoms with E-state index in [1.54, 1.807) is 0 Å². The molecule has 0 aliphatic carbocycles. The van der Waals surface area contributed by atoms with Gasteiger partial charge in [0, 0.05) is 22.1 Å². The van der Waals surface area contributed by atoms with Crippen LogP contribution in [0.1, 0.15) is 30.5 Å². The summed E-state index contributed by atoms with van der Waals surface area (Å²) in [6, 6.07) is 17.2. The summed E-state index contributed by atoms with van der Waals surface area (Å²) in [5.41, 5.74) is 2.51. The molecule has 2 aromatic rings.